The molecule has 0 N–H and O–H groups in total. The number of hydrogen-bond donors (Lipinski definition) is 0. The zero-order chi connectivity index (χ0) is 15.5. The van der Waals surface area contributed by atoms with E-state index in [0.29, 0.717) is 23.2 Å². The Balaban J connectivity index is 2.50. The largest absolute Gasteiger partial charge is 0.567 e. The molecule has 0 aliphatic carbocycles. The van der Waals surface area contributed by atoms with Crippen LogP contribution in [0.4, 0.5) is 17.3 Å². The predicted molar refractivity (Wildman–Crippen MR) is 71.5 cm³/mol. The lowest BCUT2D eigenvalue weighted by Crippen LogP contribution is -2.06. The number of rotatable bonds is 4. The summed E-state index contributed by atoms with van der Waals surface area (Å²) < 4.78 is 55.5. The van der Waals surface area contributed by atoms with Gasteiger partial charge in [0, 0.05) is 5.56 Å². The molecule has 2 radical (unpaired) electrons. The average molecular weight is 313 g/mol. The predicted octanol–water partition coefficient (Wildman–Crippen LogP) is 4.21. The molecule has 0 fully saturated rings. The van der Waals surface area contributed by atoms with Gasteiger partial charge < -0.3 is 4.43 Å². The van der Waals surface area contributed by atoms with Crippen molar-refractivity contribution in [1.29, 1.82) is 0 Å². The number of hydrogen-bond acceptors (Lipinski definition) is 2. The number of benzene rings is 1. The van der Waals surface area contributed by atoms with Gasteiger partial charge in [0.1, 0.15) is 0 Å². The van der Waals surface area contributed by atoms with Crippen molar-refractivity contribution < 1.29 is 21.7 Å². The van der Waals surface area contributed by atoms with Crippen molar-refractivity contribution in [2.45, 2.75) is 19.5 Å². The first kappa shape index (κ1) is 15.5. The van der Waals surface area contributed by atoms with Gasteiger partial charge in [0.2, 0.25) is 5.88 Å². The van der Waals surface area contributed by atoms with Gasteiger partial charge in [-0.2, -0.15) is 13.2 Å². The summed E-state index contributed by atoms with van der Waals surface area (Å²) in [5.74, 6) is 0.0452. The molecule has 7 heteroatoms. The van der Waals surface area contributed by atoms with Crippen molar-refractivity contribution in [3.8, 4) is 17.1 Å². The van der Waals surface area contributed by atoms with Gasteiger partial charge in [-0.15, -0.1) is 0 Å². The molecule has 110 valence electrons. The van der Waals surface area contributed by atoms with Crippen LogP contribution in [0.2, 0.25) is 0 Å². The molecule has 1 aromatic heterocycles. The molecule has 0 atom stereocenters. The quantitative estimate of drug-likeness (QED) is 0.479. The molecule has 0 aliphatic rings. The van der Waals surface area contributed by atoms with Crippen molar-refractivity contribution in [2.24, 2.45) is 0 Å². The highest BCUT2D eigenvalue weighted by atomic mass is 28.3. The van der Waals surface area contributed by atoms with E-state index in [1.54, 1.807) is 25.1 Å². The second-order valence-corrected chi connectivity index (χ2v) is 4.67. The van der Waals surface area contributed by atoms with Gasteiger partial charge >= 0.3 is 16.3 Å². The van der Waals surface area contributed by atoms with Crippen LogP contribution >= 0.6 is 0 Å². The molecule has 1 aromatic carbocycles. The molecular weight excluding hydrogens is 302 g/mol. The number of pyridine rings is 1. The summed E-state index contributed by atoms with van der Waals surface area (Å²) in [5, 5.41) is 0. The standard InChI is InChI=1S/C14H11F4NOSi/c1-2-9-6-10(8-11(7-9)14(15,16)17)12-4-3-5-13(19-12)20-21-18/h3-8H,2H2,1H3. The van der Waals surface area contributed by atoms with Crippen molar-refractivity contribution in [2.75, 3.05) is 0 Å². The Kier molecular flexibility index (Phi) is 4.61. The van der Waals surface area contributed by atoms with Crippen LogP contribution in [0, 0.1) is 0 Å². The number of nitrogens with zero attached hydrogens (tertiary/aromatic N) is 1. The molecule has 0 unspecified atom stereocenters. The van der Waals surface area contributed by atoms with E-state index in [9.17, 15) is 17.3 Å². The molecule has 0 spiro atoms. The van der Waals surface area contributed by atoms with E-state index in [0.717, 1.165) is 12.1 Å². The first-order valence-corrected chi connectivity index (χ1v) is 6.93. The van der Waals surface area contributed by atoms with E-state index in [1.165, 1.54) is 6.07 Å². The molecule has 0 saturated heterocycles. The summed E-state index contributed by atoms with van der Waals surface area (Å²) in [6, 6.07) is 8.35. The van der Waals surface area contributed by atoms with Crippen molar-refractivity contribution >= 4 is 10.1 Å². The van der Waals surface area contributed by atoms with E-state index in [-0.39, 0.29) is 5.88 Å². The molecular formula is C14H11F4NOSi. The summed E-state index contributed by atoms with van der Waals surface area (Å²) in [7, 11) is -1.27. The molecule has 2 rings (SSSR count). The Morgan fingerprint density at radius 2 is 1.95 bits per heavy atom. The lowest BCUT2D eigenvalue weighted by molar-refractivity contribution is -0.137. The van der Waals surface area contributed by atoms with Crippen LogP contribution in [-0.4, -0.2) is 15.1 Å². The van der Waals surface area contributed by atoms with Crippen molar-refractivity contribution in [3.05, 3.63) is 47.5 Å². The maximum Gasteiger partial charge on any atom is 0.567 e. The number of halogens is 4. The summed E-state index contributed by atoms with van der Waals surface area (Å²) in [6.45, 7) is 1.77. The summed E-state index contributed by atoms with van der Waals surface area (Å²) in [6.07, 6.45) is -3.95. The molecule has 2 nitrogen and oxygen atoms in total. The fourth-order valence-corrected chi connectivity index (χ4v) is 2.07. The number of alkyl halides is 3. The van der Waals surface area contributed by atoms with Crippen LogP contribution in [0.5, 0.6) is 5.88 Å². The molecule has 0 aliphatic heterocycles. The lowest BCUT2D eigenvalue weighted by Gasteiger charge is -2.12. The average Bonchev–Trinajstić information content (AvgIpc) is 2.46. The summed E-state index contributed by atoms with van der Waals surface area (Å²) in [5.41, 5.74) is 0.471. The Labute approximate surface area is 121 Å². The number of aromatic nitrogens is 1. The maximum absolute atomic E-state index is 12.9. The lowest BCUT2D eigenvalue weighted by atomic mass is 10.0. The maximum atomic E-state index is 12.9. The van der Waals surface area contributed by atoms with Crippen LogP contribution < -0.4 is 4.43 Å². The third kappa shape index (κ3) is 3.81. The van der Waals surface area contributed by atoms with Gasteiger partial charge in [-0.1, -0.05) is 13.0 Å². The number of aryl methyl sites for hydroxylation is 1. The molecule has 21 heavy (non-hydrogen) atoms. The van der Waals surface area contributed by atoms with Crippen molar-refractivity contribution in [3.63, 3.8) is 0 Å². The fraction of sp³-hybridized carbons (Fsp3) is 0.214. The Morgan fingerprint density at radius 1 is 1.19 bits per heavy atom. The summed E-state index contributed by atoms with van der Waals surface area (Å²) >= 11 is 0. The summed E-state index contributed by atoms with van der Waals surface area (Å²) in [4.78, 5) is 4.01. The second kappa shape index (κ2) is 6.25. The smallest absolute Gasteiger partial charge is 0.500 e. The van der Waals surface area contributed by atoms with E-state index in [4.69, 9.17) is 0 Å². The van der Waals surface area contributed by atoms with Gasteiger partial charge in [-0.05, 0) is 42.3 Å². The molecule has 0 saturated carbocycles. The van der Waals surface area contributed by atoms with E-state index in [2.05, 4.69) is 9.41 Å². The highest BCUT2D eigenvalue weighted by Crippen LogP contribution is 2.33. The Bertz CT molecular complexity index is 631. The molecule has 2 aromatic rings. The molecule has 0 amide bonds. The van der Waals surface area contributed by atoms with Crippen LogP contribution in [0.25, 0.3) is 11.3 Å². The van der Waals surface area contributed by atoms with Gasteiger partial charge in [0.15, 0.2) is 0 Å². The van der Waals surface area contributed by atoms with Crippen LogP contribution in [0.3, 0.4) is 0 Å². The van der Waals surface area contributed by atoms with Gasteiger partial charge in [-0.25, -0.2) is 4.98 Å². The second-order valence-electron chi connectivity index (χ2n) is 4.31. The normalized spacial score (nSPS) is 11.5. The zero-order valence-electron chi connectivity index (χ0n) is 11.0. The monoisotopic (exact) mass is 313 g/mol. The zero-order valence-corrected chi connectivity index (χ0v) is 12.0. The topological polar surface area (TPSA) is 22.1 Å². The van der Waals surface area contributed by atoms with Crippen molar-refractivity contribution in [1.82, 2.24) is 4.98 Å². The minimum atomic E-state index is -4.42. The first-order valence-electron chi connectivity index (χ1n) is 6.15. The molecule has 0 bridgehead atoms. The highest BCUT2D eigenvalue weighted by molar-refractivity contribution is 6.18. The molecule has 1 heterocycles. The Hall–Kier alpha value is -1.89. The Morgan fingerprint density at radius 3 is 2.57 bits per heavy atom. The van der Waals surface area contributed by atoms with Gasteiger partial charge in [0.25, 0.3) is 0 Å². The first-order chi connectivity index (χ1) is 9.94. The van der Waals surface area contributed by atoms with Gasteiger partial charge in [0.05, 0.1) is 11.3 Å². The fourth-order valence-electron chi connectivity index (χ4n) is 1.88. The van der Waals surface area contributed by atoms with Crippen LogP contribution in [0.15, 0.2) is 36.4 Å². The van der Waals surface area contributed by atoms with Gasteiger partial charge in [-0.3, -0.25) is 4.11 Å². The van der Waals surface area contributed by atoms with E-state index >= 15 is 0 Å². The van der Waals surface area contributed by atoms with Crippen LogP contribution in [0.1, 0.15) is 18.1 Å². The van der Waals surface area contributed by atoms with E-state index < -0.39 is 21.8 Å². The minimum Gasteiger partial charge on any atom is -0.500 e. The third-order valence-electron chi connectivity index (χ3n) is 2.89. The third-order valence-corrected chi connectivity index (χ3v) is 3.18. The van der Waals surface area contributed by atoms with E-state index in [1.807, 2.05) is 0 Å². The minimum absolute atomic E-state index is 0.0452. The SMILES string of the molecule is CCc1cc(-c2cccc(O[Si]F)n2)cc(C(F)(F)F)c1. The highest BCUT2D eigenvalue weighted by Gasteiger charge is 2.31. The van der Waals surface area contributed by atoms with Crippen LogP contribution in [-0.2, 0) is 12.6 Å².